The van der Waals surface area contributed by atoms with Crippen LogP contribution in [-0.2, 0) is 0 Å². The van der Waals surface area contributed by atoms with Gasteiger partial charge in [0.25, 0.3) is 11.8 Å². The van der Waals surface area contributed by atoms with Gasteiger partial charge in [0.2, 0.25) is 0 Å². The minimum Gasteiger partial charge on any atom is -0.497 e. The molecule has 30 heavy (non-hydrogen) atoms. The highest BCUT2D eigenvalue weighted by Crippen LogP contribution is 2.16. The van der Waals surface area contributed by atoms with E-state index in [1.54, 1.807) is 80.8 Å². The zero-order valence-corrected chi connectivity index (χ0v) is 17.2. The summed E-state index contributed by atoms with van der Waals surface area (Å²) in [6, 6.07) is 20.7. The number of benzene rings is 3. The molecule has 3 aromatic carbocycles. The number of ether oxygens (including phenoxy) is 1. The molecule has 0 fully saturated rings. The molecule has 0 radical (unpaired) electrons. The van der Waals surface area contributed by atoms with Crippen LogP contribution >= 0.6 is 11.6 Å². The van der Waals surface area contributed by atoms with Gasteiger partial charge in [-0.2, -0.15) is 5.10 Å². The molecule has 0 bridgehead atoms. The highest BCUT2D eigenvalue weighted by atomic mass is 35.5. The van der Waals surface area contributed by atoms with E-state index in [1.807, 2.05) is 6.07 Å². The van der Waals surface area contributed by atoms with E-state index in [9.17, 15) is 9.59 Å². The third-order valence-electron chi connectivity index (χ3n) is 4.30. The van der Waals surface area contributed by atoms with Crippen LogP contribution in [0.1, 0.15) is 33.2 Å². The van der Waals surface area contributed by atoms with Gasteiger partial charge < -0.3 is 10.1 Å². The number of hydrogen-bond acceptors (Lipinski definition) is 4. The maximum absolute atomic E-state index is 12.4. The van der Waals surface area contributed by atoms with E-state index >= 15 is 0 Å². The van der Waals surface area contributed by atoms with Crippen molar-refractivity contribution in [3.63, 3.8) is 0 Å². The molecule has 2 amide bonds. The predicted octanol–water partition coefficient (Wildman–Crippen LogP) is 4.75. The highest BCUT2D eigenvalue weighted by Gasteiger charge is 2.08. The number of hydrazone groups is 1. The normalized spacial score (nSPS) is 11.0. The first-order valence-electron chi connectivity index (χ1n) is 9.12. The lowest BCUT2D eigenvalue weighted by Crippen LogP contribution is -2.19. The summed E-state index contributed by atoms with van der Waals surface area (Å²) in [6.07, 6.45) is 0. The van der Waals surface area contributed by atoms with Crippen molar-refractivity contribution in [1.82, 2.24) is 5.43 Å². The van der Waals surface area contributed by atoms with Crippen molar-refractivity contribution in [2.45, 2.75) is 6.92 Å². The fraction of sp³-hybridized carbons (Fsp3) is 0.0870. The molecule has 0 saturated heterocycles. The molecule has 6 nitrogen and oxygen atoms in total. The van der Waals surface area contributed by atoms with Crippen molar-refractivity contribution in [3.05, 3.63) is 94.5 Å². The van der Waals surface area contributed by atoms with Crippen LogP contribution < -0.4 is 15.5 Å². The number of carbonyl (C=O) groups excluding carboxylic acids is 2. The minimum absolute atomic E-state index is 0.237. The molecule has 0 spiro atoms. The van der Waals surface area contributed by atoms with E-state index in [1.165, 1.54) is 0 Å². The number of rotatable bonds is 6. The summed E-state index contributed by atoms with van der Waals surface area (Å²) in [6.45, 7) is 1.77. The molecule has 0 aliphatic heterocycles. The average Bonchev–Trinajstić information content (AvgIpc) is 2.77. The summed E-state index contributed by atoms with van der Waals surface area (Å²) in [5.74, 6) is 0.0830. The summed E-state index contributed by atoms with van der Waals surface area (Å²) in [5.41, 5.74) is 5.40. The number of anilines is 1. The zero-order valence-electron chi connectivity index (χ0n) is 16.5. The average molecular weight is 422 g/mol. The maximum atomic E-state index is 12.4. The second-order valence-electron chi connectivity index (χ2n) is 6.41. The number of hydrogen-bond donors (Lipinski definition) is 2. The van der Waals surface area contributed by atoms with Crippen LogP contribution in [0.15, 0.2) is 77.9 Å². The minimum atomic E-state index is -0.360. The third kappa shape index (κ3) is 5.46. The van der Waals surface area contributed by atoms with E-state index < -0.39 is 0 Å². The molecule has 152 valence electrons. The van der Waals surface area contributed by atoms with Crippen molar-refractivity contribution in [3.8, 4) is 5.75 Å². The van der Waals surface area contributed by atoms with Crippen molar-refractivity contribution >= 4 is 34.8 Å². The van der Waals surface area contributed by atoms with Crippen LogP contribution in [0.4, 0.5) is 5.69 Å². The summed E-state index contributed by atoms with van der Waals surface area (Å²) < 4.78 is 5.10. The predicted molar refractivity (Wildman–Crippen MR) is 119 cm³/mol. The van der Waals surface area contributed by atoms with E-state index in [4.69, 9.17) is 16.3 Å². The van der Waals surface area contributed by atoms with Gasteiger partial charge in [0.05, 0.1) is 12.8 Å². The number of amides is 2. The molecule has 0 heterocycles. The van der Waals surface area contributed by atoms with Crippen molar-refractivity contribution in [1.29, 1.82) is 0 Å². The molecular weight excluding hydrogens is 402 g/mol. The van der Waals surface area contributed by atoms with Gasteiger partial charge >= 0.3 is 0 Å². The number of nitrogens with one attached hydrogen (secondary N) is 2. The molecule has 3 aromatic rings. The van der Waals surface area contributed by atoms with Crippen LogP contribution in [0.2, 0.25) is 5.02 Å². The van der Waals surface area contributed by atoms with Gasteiger partial charge in [-0.05, 0) is 67.1 Å². The largest absolute Gasteiger partial charge is 0.497 e. The topological polar surface area (TPSA) is 79.8 Å². The van der Waals surface area contributed by atoms with Crippen LogP contribution in [-0.4, -0.2) is 24.6 Å². The number of carbonyl (C=O) groups is 2. The summed E-state index contributed by atoms with van der Waals surface area (Å²) in [5, 5.41) is 7.47. The Morgan fingerprint density at radius 3 is 2.27 bits per heavy atom. The highest BCUT2D eigenvalue weighted by molar-refractivity contribution is 6.31. The SMILES string of the molecule is COc1ccc(C(=O)Nc2cccc(/C(C)=N/NC(=O)c3cccc(Cl)c3)c2)cc1. The summed E-state index contributed by atoms with van der Waals surface area (Å²) in [4.78, 5) is 24.6. The fourth-order valence-corrected chi connectivity index (χ4v) is 2.85. The van der Waals surface area contributed by atoms with Crippen LogP contribution in [0.5, 0.6) is 5.75 Å². The molecule has 2 N–H and O–H groups in total. The van der Waals surface area contributed by atoms with Gasteiger partial charge in [0, 0.05) is 21.8 Å². The maximum Gasteiger partial charge on any atom is 0.271 e. The summed E-state index contributed by atoms with van der Waals surface area (Å²) >= 11 is 5.91. The second kappa shape index (κ2) is 9.71. The molecule has 0 unspecified atom stereocenters. The molecule has 3 rings (SSSR count). The molecule has 0 saturated carbocycles. The van der Waals surface area contributed by atoms with Gasteiger partial charge in [-0.3, -0.25) is 9.59 Å². The van der Waals surface area contributed by atoms with E-state index in [0.29, 0.717) is 33.3 Å². The molecular formula is C23H20ClN3O3. The van der Waals surface area contributed by atoms with Crippen molar-refractivity contribution < 1.29 is 14.3 Å². The second-order valence-corrected chi connectivity index (χ2v) is 6.85. The summed E-state index contributed by atoms with van der Waals surface area (Å²) in [7, 11) is 1.57. The molecule has 0 aliphatic rings. The van der Waals surface area contributed by atoms with Gasteiger partial charge in [0.15, 0.2) is 0 Å². The fourth-order valence-electron chi connectivity index (χ4n) is 2.66. The number of nitrogens with zero attached hydrogens (tertiary/aromatic N) is 1. The molecule has 0 aromatic heterocycles. The van der Waals surface area contributed by atoms with E-state index in [2.05, 4.69) is 15.8 Å². The Labute approximate surface area is 179 Å². The quantitative estimate of drug-likeness (QED) is 0.445. The van der Waals surface area contributed by atoms with Gasteiger partial charge in [0.1, 0.15) is 5.75 Å². The van der Waals surface area contributed by atoms with Crippen LogP contribution in [0.25, 0.3) is 0 Å². The Kier molecular flexibility index (Phi) is 6.83. The first-order valence-corrected chi connectivity index (χ1v) is 9.50. The number of halogens is 1. The zero-order chi connectivity index (χ0) is 21.5. The molecule has 7 heteroatoms. The third-order valence-corrected chi connectivity index (χ3v) is 4.54. The standard InChI is InChI=1S/C23H20ClN3O3/c1-15(26-27-23(29)18-6-3-7-19(24)13-18)17-5-4-8-20(14-17)25-22(28)16-9-11-21(30-2)12-10-16/h3-14H,1-2H3,(H,25,28)(H,27,29)/b26-15+. The van der Waals surface area contributed by atoms with Crippen LogP contribution in [0, 0.1) is 0 Å². The Balaban J connectivity index is 1.68. The Morgan fingerprint density at radius 2 is 1.57 bits per heavy atom. The molecule has 0 atom stereocenters. The molecule has 0 aliphatic carbocycles. The Bertz CT molecular complexity index is 1090. The van der Waals surface area contributed by atoms with Gasteiger partial charge in [-0.25, -0.2) is 5.43 Å². The van der Waals surface area contributed by atoms with Crippen molar-refractivity contribution in [2.24, 2.45) is 5.10 Å². The Hall–Kier alpha value is -3.64. The van der Waals surface area contributed by atoms with E-state index in [0.717, 1.165) is 5.56 Å². The van der Waals surface area contributed by atoms with Gasteiger partial charge in [-0.15, -0.1) is 0 Å². The first kappa shape index (κ1) is 21.1. The smallest absolute Gasteiger partial charge is 0.271 e. The first-order chi connectivity index (χ1) is 14.5. The lowest BCUT2D eigenvalue weighted by atomic mass is 10.1. The monoisotopic (exact) mass is 421 g/mol. The lowest BCUT2D eigenvalue weighted by molar-refractivity contribution is 0.0954. The number of methoxy groups -OCH3 is 1. The Morgan fingerprint density at radius 1 is 0.867 bits per heavy atom. The van der Waals surface area contributed by atoms with Gasteiger partial charge in [-0.1, -0.05) is 29.8 Å². The van der Waals surface area contributed by atoms with Crippen molar-refractivity contribution in [2.75, 3.05) is 12.4 Å². The lowest BCUT2D eigenvalue weighted by Gasteiger charge is -2.08. The van der Waals surface area contributed by atoms with Crippen LogP contribution in [0.3, 0.4) is 0 Å². The van der Waals surface area contributed by atoms with E-state index in [-0.39, 0.29) is 11.8 Å².